The number of nitrogens with one attached hydrogen (secondary N) is 1. The lowest BCUT2D eigenvalue weighted by Crippen LogP contribution is -2.36. The predicted molar refractivity (Wildman–Crippen MR) is 96.2 cm³/mol. The molecule has 0 heterocycles. The van der Waals surface area contributed by atoms with Crippen molar-refractivity contribution in [2.24, 2.45) is 0 Å². The number of carbonyl (C=O) groups excluding carboxylic acids is 1. The summed E-state index contributed by atoms with van der Waals surface area (Å²) < 4.78 is 15.8. The first kappa shape index (κ1) is 18.4. The van der Waals surface area contributed by atoms with Crippen LogP contribution in [0.1, 0.15) is 11.1 Å². The summed E-state index contributed by atoms with van der Waals surface area (Å²) in [6.07, 6.45) is 0. The Morgan fingerprint density at radius 3 is 2.40 bits per heavy atom. The number of hydrogen-bond donors (Lipinski definition) is 1. The molecular weight excluding hydrogens is 320 g/mol. The van der Waals surface area contributed by atoms with Gasteiger partial charge in [0, 0.05) is 19.2 Å². The minimum Gasteiger partial charge on any atom is -0.497 e. The molecule has 1 N–H and O–H groups in total. The van der Waals surface area contributed by atoms with Crippen LogP contribution in [-0.2, 0) is 13.1 Å². The summed E-state index contributed by atoms with van der Waals surface area (Å²) in [5.74, 6) is 2.20. The number of benzene rings is 2. The number of carbonyl (C=O) groups is 1. The molecule has 6 heteroatoms. The summed E-state index contributed by atoms with van der Waals surface area (Å²) >= 11 is 0. The molecule has 2 rings (SSSR count). The molecule has 0 fully saturated rings. The van der Waals surface area contributed by atoms with Gasteiger partial charge in [-0.1, -0.05) is 12.1 Å². The molecule has 134 valence electrons. The Hall–Kier alpha value is -2.89. The van der Waals surface area contributed by atoms with Gasteiger partial charge in [-0.25, -0.2) is 4.79 Å². The van der Waals surface area contributed by atoms with Crippen LogP contribution in [0.4, 0.5) is 4.79 Å². The number of ether oxygens (including phenoxy) is 3. The highest BCUT2D eigenvalue weighted by Crippen LogP contribution is 2.25. The van der Waals surface area contributed by atoms with E-state index in [1.54, 1.807) is 33.3 Å². The van der Waals surface area contributed by atoms with E-state index in [4.69, 9.17) is 14.2 Å². The van der Waals surface area contributed by atoms with Crippen LogP contribution in [-0.4, -0.2) is 39.3 Å². The van der Waals surface area contributed by atoms with Crippen LogP contribution < -0.4 is 19.5 Å². The number of urea groups is 1. The van der Waals surface area contributed by atoms with Crippen LogP contribution in [0, 0.1) is 0 Å². The van der Waals surface area contributed by atoms with Gasteiger partial charge in [0.2, 0.25) is 0 Å². The summed E-state index contributed by atoms with van der Waals surface area (Å²) in [6.45, 7) is 0.833. The van der Waals surface area contributed by atoms with Crippen LogP contribution in [0.15, 0.2) is 42.5 Å². The maximum atomic E-state index is 12.3. The van der Waals surface area contributed by atoms with Crippen molar-refractivity contribution in [2.75, 3.05) is 28.4 Å². The first-order valence-corrected chi connectivity index (χ1v) is 7.90. The maximum absolute atomic E-state index is 12.3. The third-order valence-corrected chi connectivity index (χ3v) is 3.82. The van der Waals surface area contributed by atoms with E-state index in [-0.39, 0.29) is 6.03 Å². The van der Waals surface area contributed by atoms with Gasteiger partial charge in [-0.05, 0) is 35.9 Å². The van der Waals surface area contributed by atoms with Crippen molar-refractivity contribution in [3.8, 4) is 17.2 Å². The van der Waals surface area contributed by atoms with Gasteiger partial charge in [0.1, 0.15) is 17.2 Å². The number of hydrogen-bond acceptors (Lipinski definition) is 4. The van der Waals surface area contributed by atoms with E-state index in [0.29, 0.717) is 18.8 Å². The van der Waals surface area contributed by atoms with E-state index in [0.717, 1.165) is 22.6 Å². The minimum atomic E-state index is -0.173. The quantitative estimate of drug-likeness (QED) is 0.839. The fourth-order valence-electron chi connectivity index (χ4n) is 2.43. The molecule has 0 spiro atoms. The molecule has 0 saturated heterocycles. The van der Waals surface area contributed by atoms with E-state index in [1.807, 2.05) is 42.5 Å². The molecule has 0 aromatic heterocycles. The van der Waals surface area contributed by atoms with Gasteiger partial charge in [0.15, 0.2) is 0 Å². The largest absolute Gasteiger partial charge is 0.497 e. The Kier molecular flexibility index (Phi) is 6.51. The van der Waals surface area contributed by atoms with E-state index in [9.17, 15) is 4.79 Å². The highest BCUT2D eigenvalue weighted by molar-refractivity contribution is 5.74. The Balaban J connectivity index is 1.98. The molecule has 25 heavy (non-hydrogen) atoms. The molecular formula is C19H24N2O4. The molecule has 0 radical (unpaired) electrons. The molecule has 0 aliphatic rings. The minimum absolute atomic E-state index is 0.173. The van der Waals surface area contributed by atoms with Gasteiger partial charge >= 0.3 is 6.03 Å². The second-order valence-electron chi connectivity index (χ2n) is 5.54. The molecule has 0 unspecified atom stereocenters. The SMILES string of the molecule is COc1cccc(CNC(=O)N(C)Cc2cc(OC)ccc2OC)c1. The lowest BCUT2D eigenvalue weighted by Gasteiger charge is -2.20. The molecule has 0 atom stereocenters. The number of methoxy groups -OCH3 is 3. The second-order valence-corrected chi connectivity index (χ2v) is 5.54. The molecule has 2 amide bonds. The van der Waals surface area contributed by atoms with Crippen molar-refractivity contribution in [1.29, 1.82) is 0 Å². The number of amides is 2. The normalized spacial score (nSPS) is 10.1. The van der Waals surface area contributed by atoms with Gasteiger partial charge in [0.05, 0.1) is 27.9 Å². The third kappa shape index (κ3) is 5.04. The lowest BCUT2D eigenvalue weighted by molar-refractivity contribution is 0.206. The third-order valence-electron chi connectivity index (χ3n) is 3.82. The van der Waals surface area contributed by atoms with Crippen molar-refractivity contribution in [3.05, 3.63) is 53.6 Å². The first-order valence-electron chi connectivity index (χ1n) is 7.90. The molecule has 0 saturated carbocycles. The molecule has 2 aromatic carbocycles. The molecule has 6 nitrogen and oxygen atoms in total. The van der Waals surface area contributed by atoms with E-state index in [1.165, 1.54) is 0 Å². The van der Waals surface area contributed by atoms with Crippen LogP contribution in [0.3, 0.4) is 0 Å². The summed E-state index contributed by atoms with van der Waals surface area (Å²) in [5, 5.41) is 2.90. The van der Waals surface area contributed by atoms with Crippen molar-refractivity contribution in [3.63, 3.8) is 0 Å². The smallest absolute Gasteiger partial charge is 0.317 e. The van der Waals surface area contributed by atoms with Crippen LogP contribution in [0.5, 0.6) is 17.2 Å². The van der Waals surface area contributed by atoms with E-state index >= 15 is 0 Å². The zero-order valence-electron chi connectivity index (χ0n) is 15.0. The molecule has 2 aromatic rings. The van der Waals surface area contributed by atoms with Crippen molar-refractivity contribution in [2.45, 2.75) is 13.1 Å². The second kappa shape index (κ2) is 8.82. The summed E-state index contributed by atoms with van der Waals surface area (Å²) in [4.78, 5) is 13.9. The van der Waals surface area contributed by atoms with E-state index < -0.39 is 0 Å². The maximum Gasteiger partial charge on any atom is 0.317 e. The predicted octanol–water partition coefficient (Wildman–Crippen LogP) is 3.05. The summed E-state index contributed by atoms with van der Waals surface area (Å²) in [5.41, 5.74) is 1.85. The van der Waals surface area contributed by atoms with Gasteiger partial charge in [-0.3, -0.25) is 0 Å². The molecule has 0 aliphatic carbocycles. The van der Waals surface area contributed by atoms with Gasteiger partial charge in [-0.15, -0.1) is 0 Å². The fraction of sp³-hybridized carbons (Fsp3) is 0.316. The monoisotopic (exact) mass is 344 g/mol. The first-order chi connectivity index (χ1) is 12.1. The Morgan fingerprint density at radius 2 is 1.72 bits per heavy atom. The summed E-state index contributed by atoms with van der Waals surface area (Å²) in [7, 11) is 6.57. The van der Waals surface area contributed by atoms with Crippen LogP contribution in [0.25, 0.3) is 0 Å². The number of rotatable bonds is 7. The standard InChI is InChI=1S/C19H24N2O4/c1-21(13-15-11-17(24-3)8-9-18(15)25-4)19(22)20-12-14-6-5-7-16(10-14)23-2/h5-11H,12-13H2,1-4H3,(H,20,22). The van der Waals surface area contributed by atoms with Gasteiger partial charge in [-0.2, -0.15) is 0 Å². The summed E-state index contributed by atoms with van der Waals surface area (Å²) in [6, 6.07) is 12.9. The fourth-order valence-corrected chi connectivity index (χ4v) is 2.43. The zero-order valence-corrected chi connectivity index (χ0v) is 15.0. The Labute approximate surface area is 148 Å². The Morgan fingerprint density at radius 1 is 1.00 bits per heavy atom. The molecule has 0 aliphatic heterocycles. The topological polar surface area (TPSA) is 60.0 Å². The Bertz CT molecular complexity index is 718. The van der Waals surface area contributed by atoms with Gasteiger partial charge in [0.25, 0.3) is 0 Å². The van der Waals surface area contributed by atoms with Gasteiger partial charge < -0.3 is 24.4 Å². The number of nitrogens with zero attached hydrogens (tertiary/aromatic N) is 1. The molecule has 0 bridgehead atoms. The highest BCUT2D eigenvalue weighted by atomic mass is 16.5. The lowest BCUT2D eigenvalue weighted by atomic mass is 10.2. The van der Waals surface area contributed by atoms with Crippen LogP contribution >= 0.6 is 0 Å². The van der Waals surface area contributed by atoms with Crippen molar-refractivity contribution < 1.29 is 19.0 Å². The average Bonchev–Trinajstić information content (AvgIpc) is 2.66. The highest BCUT2D eigenvalue weighted by Gasteiger charge is 2.13. The van der Waals surface area contributed by atoms with Crippen molar-refractivity contribution in [1.82, 2.24) is 10.2 Å². The zero-order chi connectivity index (χ0) is 18.2. The van der Waals surface area contributed by atoms with Crippen LogP contribution in [0.2, 0.25) is 0 Å². The average molecular weight is 344 g/mol. The van der Waals surface area contributed by atoms with E-state index in [2.05, 4.69) is 5.32 Å². The van der Waals surface area contributed by atoms with Crippen molar-refractivity contribution >= 4 is 6.03 Å².